The molecule has 1 unspecified atom stereocenters. The number of benzene rings is 1. The fourth-order valence-electron chi connectivity index (χ4n) is 3.94. The van der Waals surface area contributed by atoms with Gasteiger partial charge in [0.25, 0.3) is 5.91 Å². The average molecular weight is 464 g/mol. The summed E-state index contributed by atoms with van der Waals surface area (Å²) in [6.45, 7) is 7.48. The predicted molar refractivity (Wildman–Crippen MR) is 123 cm³/mol. The van der Waals surface area contributed by atoms with E-state index in [0.29, 0.717) is 29.4 Å². The molecule has 166 valence electrons. The van der Waals surface area contributed by atoms with E-state index in [1.54, 1.807) is 9.42 Å². The maximum absolute atomic E-state index is 13.3. The van der Waals surface area contributed by atoms with Crippen LogP contribution in [-0.2, 0) is 13.1 Å². The second-order valence-corrected chi connectivity index (χ2v) is 8.48. The van der Waals surface area contributed by atoms with E-state index in [1.165, 1.54) is 0 Å². The predicted octanol–water partition coefficient (Wildman–Crippen LogP) is 3.91. The lowest BCUT2D eigenvalue weighted by Gasteiger charge is -2.22. The highest BCUT2D eigenvalue weighted by Gasteiger charge is 2.31. The molecule has 3 aromatic rings. The first-order valence-corrected chi connectivity index (χ1v) is 10.4. The molecule has 0 saturated heterocycles. The number of carbonyl (C=O) groups is 1. The van der Waals surface area contributed by atoms with Crippen LogP contribution in [0.25, 0.3) is 5.65 Å². The smallest absolute Gasteiger partial charge is 0.258 e. The largest absolute Gasteiger partial charge is 0.489 e. The third-order valence-corrected chi connectivity index (χ3v) is 5.86. The van der Waals surface area contributed by atoms with Crippen LogP contribution in [0.1, 0.15) is 39.9 Å². The molecular formula is C22H27Cl2N5O2. The summed E-state index contributed by atoms with van der Waals surface area (Å²) in [6.07, 6.45) is -0.0335. The van der Waals surface area contributed by atoms with Gasteiger partial charge in [-0.15, -0.1) is 12.4 Å². The third kappa shape index (κ3) is 4.35. The summed E-state index contributed by atoms with van der Waals surface area (Å²) in [7, 11) is 4.00. The highest BCUT2D eigenvalue weighted by atomic mass is 35.5. The molecule has 0 radical (unpaired) electrons. The fraction of sp³-hybridized carbons (Fsp3) is 0.409. The Morgan fingerprint density at radius 2 is 1.97 bits per heavy atom. The van der Waals surface area contributed by atoms with Crippen LogP contribution in [0.4, 0.5) is 0 Å². The number of aromatic nitrogens is 3. The van der Waals surface area contributed by atoms with Crippen molar-refractivity contribution < 1.29 is 9.53 Å². The topological polar surface area (TPSA) is 63.0 Å². The Morgan fingerprint density at radius 1 is 1.26 bits per heavy atom. The van der Waals surface area contributed by atoms with Gasteiger partial charge >= 0.3 is 0 Å². The Hall–Kier alpha value is -2.35. The summed E-state index contributed by atoms with van der Waals surface area (Å²) < 4.78 is 7.85. The Bertz CT molecular complexity index is 1130. The van der Waals surface area contributed by atoms with Crippen molar-refractivity contribution in [2.45, 2.75) is 40.0 Å². The molecule has 0 aliphatic carbocycles. The molecule has 0 N–H and O–H groups in total. The summed E-state index contributed by atoms with van der Waals surface area (Å²) in [5.74, 6) is 0.536. The van der Waals surface area contributed by atoms with Crippen LogP contribution in [0.5, 0.6) is 5.75 Å². The van der Waals surface area contributed by atoms with E-state index >= 15 is 0 Å². The number of hydrogen-bond acceptors (Lipinski definition) is 5. The minimum atomic E-state index is -0.0683. The number of rotatable bonds is 5. The first-order valence-electron chi connectivity index (χ1n) is 9.99. The van der Waals surface area contributed by atoms with Gasteiger partial charge < -0.3 is 14.5 Å². The monoisotopic (exact) mass is 463 g/mol. The second kappa shape index (κ2) is 9.02. The standard InChI is InChI=1S/C22H26ClN5O2.ClH/c1-13(10-26(4)5)30-19-9-7-6-8-16(19)22(29)27-11-17-18(12-27)25-28-15(3)20(23)14(2)24-21(17)28;/h6-9,13H,10-12H2,1-5H3;1H. The van der Waals surface area contributed by atoms with Crippen molar-refractivity contribution in [3.63, 3.8) is 0 Å². The average Bonchev–Trinajstić information content (AvgIpc) is 3.24. The van der Waals surface area contributed by atoms with Crippen molar-refractivity contribution in [1.82, 2.24) is 24.4 Å². The molecular weight excluding hydrogens is 437 g/mol. The number of nitrogens with zero attached hydrogens (tertiary/aromatic N) is 5. The summed E-state index contributed by atoms with van der Waals surface area (Å²) in [5.41, 5.74) is 4.80. The zero-order valence-electron chi connectivity index (χ0n) is 18.3. The Balaban J connectivity index is 0.00000272. The van der Waals surface area contributed by atoms with E-state index in [-0.39, 0.29) is 24.4 Å². The molecule has 0 saturated carbocycles. The van der Waals surface area contributed by atoms with Crippen LogP contribution in [0.15, 0.2) is 24.3 Å². The SMILES string of the molecule is Cc1nc2c3c(nn2c(C)c1Cl)CN(C(=O)c1ccccc1OC(C)CN(C)C)C3.Cl. The second-order valence-electron chi connectivity index (χ2n) is 8.11. The van der Waals surface area contributed by atoms with E-state index in [9.17, 15) is 4.79 Å². The number of ether oxygens (including phenoxy) is 1. The van der Waals surface area contributed by atoms with Crippen LogP contribution >= 0.6 is 24.0 Å². The molecule has 1 aliphatic heterocycles. The van der Waals surface area contributed by atoms with Gasteiger partial charge in [0.1, 0.15) is 11.9 Å². The summed E-state index contributed by atoms with van der Waals surface area (Å²) in [5, 5.41) is 5.28. The van der Waals surface area contributed by atoms with Crippen molar-refractivity contribution >= 4 is 35.6 Å². The Morgan fingerprint density at radius 3 is 2.68 bits per heavy atom. The van der Waals surface area contributed by atoms with Crippen molar-refractivity contribution in [2.24, 2.45) is 0 Å². The molecule has 1 atom stereocenters. The molecule has 0 bridgehead atoms. The number of carbonyl (C=O) groups excluding carboxylic acids is 1. The summed E-state index contributed by atoms with van der Waals surface area (Å²) in [4.78, 5) is 21.8. The van der Waals surface area contributed by atoms with Crippen molar-refractivity contribution in [2.75, 3.05) is 20.6 Å². The number of likely N-dealkylation sites (N-methyl/N-ethyl adjacent to an activating group) is 1. The van der Waals surface area contributed by atoms with Crippen LogP contribution in [-0.4, -0.2) is 57.0 Å². The lowest BCUT2D eigenvalue weighted by Crippen LogP contribution is -2.30. The maximum atomic E-state index is 13.3. The highest BCUT2D eigenvalue weighted by molar-refractivity contribution is 6.31. The van der Waals surface area contributed by atoms with Crippen LogP contribution < -0.4 is 4.74 Å². The lowest BCUT2D eigenvalue weighted by atomic mass is 10.1. The molecule has 0 fully saturated rings. The number of amides is 1. The summed E-state index contributed by atoms with van der Waals surface area (Å²) in [6, 6.07) is 7.41. The van der Waals surface area contributed by atoms with Crippen molar-refractivity contribution in [3.05, 3.63) is 57.5 Å². The van der Waals surface area contributed by atoms with Crippen LogP contribution in [0, 0.1) is 13.8 Å². The van der Waals surface area contributed by atoms with E-state index in [4.69, 9.17) is 16.3 Å². The van der Waals surface area contributed by atoms with Gasteiger partial charge in [-0.1, -0.05) is 23.7 Å². The molecule has 1 aliphatic rings. The van der Waals surface area contributed by atoms with Gasteiger partial charge in [-0.3, -0.25) is 4.79 Å². The first-order chi connectivity index (χ1) is 14.3. The van der Waals surface area contributed by atoms with E-state index in [2.05, 4.69) is 15.0 Å². The number of hydrogen-bond donors (Lipinski definition) is 0. The maximum Gasteiger partial charge on any atom is 0.258 e. The minimum absolute atomic E-state index is 0. The normalized spacial score (nSPS) is 14.0. The molecule has 3 heterocycles. The molecule has 1 aromatic carbocycles. The lowest BCUT2D eigenvalue weighted by molar-refractivity contribution is 0.0741. The highest BCUT2D eigenvalue weighted by Crippen LogP contribution is 2.31. The van der Waals surface area contributed by atoms with E-state index in [1.807, 2.05) is 59.1 Å². The minimum Gasteiger partial charge on any atom is -0.489 e. The van der Waals surface area contributed by atoms with Gasteiger partial charge in [0.15, 0.2) is 5.65 Å². The number of halogens is 2. The Labute approximate surface area is 193 Å². The van der Waals surface area contributed by atoms with Gasteiger partial charge in [-0.2, -0.15) is 5.10 Å². The Kier molecular flexibility index (Phi) is 6.79. The quantitative estimate of drug-likeness (QED) is 0.573. The van der Waals surface area contributed by atoms with Crippen molar-refractivity contribution in [3.8, 4) is 5.75 Å². The number of para-hydroxylation sites is 1. The van der Waals surface area contributed by atoms with Crippen LogP contribution in [0.3, 0.4) is 0 Å². The molecule has 1 amide bonds. The zero-order chi connectivity index (χ0) is 21.6. The third-order valence-electron chi connectivity index (χ3n) is 5.31. The van der Waals surface area contributed by atoms with E-state index < -0.39 is 0 Å². The van der Waals surface area contributed by atoms with Crippen LogP contribution in [0.2, 0.25) is 5.02 Å². The van der Waals surface area contributed by atoms with Gasteiger partial charge in [0.2, 0.25) is 0 Å². The van der Waals surface area contributed by atoms with Gasteiger partial charge in [0, 0.05) is 12.1 Å². The van der Waals surface area contributed by atoms with Gasteiger partial charge in [-0.05, 0) is 47.0 Å². The number of aryl methyl sites for hydroxylation is 2. The van der Waals surface area contributed by atoms with E-state index in [0.717, 1.165) is 34.8 Å². The summed E-state index contributed by atoms with van der Waals surface area (Å²) >= 11 is 6.32. The van der Waals surface area contributed by atoms with Gasteiger partial charge in [0.05, 0.1) is 40.8 Å². The molecule has 7 nitrogen and oxygen atoms in total. The molecule has 9 heteroatoms. The number of fused-ring (bicyclic) bond motifs is 3. The van der Waals surface area contributed by atoms with Gasteiger partial charge in [-0.25, -0.2) is 9.50 Å². The first kappa shape index (κ1) is 23.3. The molecule has 2 aromatic heterocycles. The fourth-order valence-corrected chi connectivity index (χ4v) is 4.06. The molecule has 31 heavy (non-hydrogen) atoms. The molecule has 4 rings (SSSR count). The van der Waals surface area contributed by atoms with Crippen molar-refractivity contribution in [1.29, 1.82) is 0 Å². The molecule has 0 spiro atoms. The zero-order valence-corrected chi connectivity index (χ0v) is 19.9.